The Morgan fingerprint density at radius 3 is 2.41 bits per heavy atom. The molecule has 0 aliphatic carbocycles. The highest BCUT2D eigenvalue weighted by atomic mass is 16.6. The first-order valence-corrected chi connectivity index (χ1v) is 9.45. The van der Waals surface area contributed by atoms with Crippen molar-refractivity contribution in [1.82, 2.24) is 0 Å². The number of carboxylic acid groups (broad SMARTS) is 1. The lowest BCUT2D eigenvalue weighted by Crippen LogP contribution is -2.33. The number of benzene rings is 2. The lowest BCUT2D eigenvalue weighted by Gasteiger charge is -2.31. The van der Waals surface area contributed by atoms with Gasteiger partial charge in [0.05, 0.1) is 10.5 Å². The number of hydrogen-bond acceptors (Lipinski definition) is 5. The molecule has 2 aromatic rings. The summed E-state index contributed by atoms with van der Waals surface area (Å²) in [5.74, 6) is -1.03. The molecule has 1 saturated heterocycles. The zero-order valence-corrected chi connectivity index (χ0v) is 16.3. The zero-order chi connectivity index (χ0) is 21.1. The number of piperidine rings is 1. The van der Waals surface area contributed by atoms with Gasteiger partial charge in [0.25, 0.3) is 11.6 Å². The van der Waals surface area contributed by atoms with Gasteiger partial charge in [-0.3, -0.25) is 14.9 Å². The second-order valence-electron chi connectivity index (χ2n) is 7.42. The first-order valence-electron chi connectivity index (χ1n) is 9.45. The Kier molecular flexibility index (Phi) is 5.81. The average Bonchev–Trinajstić information content (AvgIpc) is 2.69. The van der Waals surface area contributed by atoms with Gasteiger partial charge < -0.3 is 15.3 Å². The van der Waals surface area contributed by atoms with E-state index >= 15 is 0 Å². The number of nitro benzene ring substituents is 1. The number of hydrogen-bond donors (Lipinski definition) is 2. The van der Waals surface area contributed by atoms with Crippen LogP contribution in [0.2, 0.25) is 0 Å². The molecule has 2 aromatic carbocycles. The van der Waals surface area contributed by atoms with Crippen molar-refractivity contribution in [2.24, 2.45) is 5.92 Å². The third-order valence-electron chi connectivity index (χ3n) is 5.29. The molecule has 0 bridgehead atoms. The number of aromatic carboxylic acids is 1. The van der Waals surface area contributed by atoms with Crippen LogP contribution in [0.3, 0.4) is 0 Å². The van der Waals surface area contributed by atoms with Crippen molar-refractivity contribution in [2.45, 2.75) is 26.7 Å². The highest BCUT2D eigenvalue weighted by Gasteiger charge is 2.25. The van der Waals surface area contributed by atoms with E-state index in [1.165, 1.54) is 18.2 Å². The molecule has 1 aliphatic heterocycles. The molecule has 0 spiro atoms. The van der Waals surface area contributed by atoms with E-state index in [-0.39, 0.29) is 16.8 Å². The highest BCUT2D eigenvalue weighted by Crippen LogP contribution is 2.32. The van der Waals surface area contributed by atoms with E-state index in [0.29, 0.717) is 22.9 Å². The number of carbonyl (C=O) groups excluding carboxylic acids is 1. The number of carbonyl (C=O) groups is 2. The molecule has 2 N–H and O–H groups in total. The predicted molar refractivity (Wildman–Crippen MR) is 110 cm³/mol. The van der Waals surface area contributed by atoms with Crippen molar-refractivity contribution in [3.05, 3.63) is 63.2 Å². The Bertz CT molecular complexity index is 965. The average molecular weight is 397 g/mol. The Hall–Kier alpha value is -3.42. The van der Waals surface area contributed by atoms with Crippen LogP contribution in [-0.2, 0) is 0 Å². The topological polar surface area (TPSA) is 113 Å². The lowest BCUT2D eigenvalue weighted by atomic mass is 9.98. The molecule has 0 saturated carbocycles. The van der Waals surface area contributed by atoms with Crippen LogP contribution in [0.5, 0.6) is 0 Å². The molecule has 29 heavy (non-hydrogen) atoms. The SMILES string of the molecule is Cc1ccc(C(=O)O)cc1NC(=O)c1ccc(N2CCC(C)CC2)c([N+](=O)[O-])c1. The van der Waals surface area contributed by atoms with Gasteiger partial charge in [0.2, 0.25) is 0 Å². The normalized spacial score (nSPS) is 14.5. The van der Waals surface area contributed by atoms with Crippen molar-refractivity contribution in [2.75, 3.05) is 23.3 Å². The van der Waals surface area contributed by atoms with E-state index in [9.17, 15) is 19.7 Å². The van der Waals surface area contributed by atoms with Gasteiger partial charge in [-0.15, -0.1) is 0 Å². The Morgan fingerprint density at radius 1 is 1.14 bits per heavy atom. The Morgan fingerprint density at radius 2 is 1.79 bits per heavy atom. The van der Waals surface area contributed by atoms with Gasteiger partial charge in [-0.2, -0.15) is 0 Å². The number of nitrogens with one attached hydrogen (secondary N) is 1. The van der Waals surface area contributed by atoms with Crippen molar-refractivity contribution in [3.8, 4) is 0 Å². The fourth-order valence-corrected chi connectivity index (χ4v) is 3.41. The maximum absolute atomic E-state index is 12.7. The van der Waals surface area contributed by atoms with Crippen LogP contribution in [0.25, 0.3) is 0 Å². The number of rotatable bonds is 5. The number of aryl methyl sites for hydroxylation is 1. The van der Waals surface area contributed by atoms with Crippen LogP contribution in [0.15, 0.2) is 36.4 Å². The van der Waals surface area contributed by atoms with Crippen molar-refractivity contribution >= 4 is 28.9 Å². The summed E-state index contributed by atoms with van der Waals surface area (Å²) < 4.78 is 0. The van der Waals surface area contributed by atoms with Gasteiger partial charge in [-0.25, -0.2) is 4.79 Å². The van der Waals surface area contributed by atoms with Crippen LogP contribution >= 0.6 is 0 Å². The summed E-state index contributed by atoms with van der Waals surface area (Å²) in [5, 5.41) is 23.4. The first-order chi connectivity index (χ1) is 13.8. The second kappa shape index (κ2) is 8.30. The van der Waals surface area contributed by atoms with E-state index < -0.39 is 16.8 Å². The van der Waals surface area contributed by atoms with Gasteiger partial charge in [-0.05, 0) is 55.5 Å². The number of nitrogens with zero attached hydrogens (tertiary/aromatic N) is 2. The smallest absolute Gasteiger partial charge is 0.335 e. The van der Waals surface area contributed by atoms with Crippen molar-refractivity contribution < 1.29 is 19.6 Å². The molecule has 0 unspecified atom stereocenters. The summed E-state index contributed by atoms with van der Waals surface area (Å²) in [4.78, 5) is 36.9. The number of carboxylic acids is 1. The number of nitro groups is 1. The summed E-state index contributed by atoms with van der Waals surface area (Å²) in [5.41, 5.74) is 1.65. The molecule has 1 amide bonds. The largest absolute Gasteiger partial charge is 0.478 e. The van der Waals surface area contributed by atoms with Crippen molar-refractivity contribution in [1.29, 1.82) is 0 Å². The summed E-state index contributed by atoms with van der Waals surface area (Å²) >= 11 is 0. The van der Waals surface area contributed by atoms with Crippen LogP contribution in [0.1, 0.15) is 46.0 Å². The Labute approximate surface area is 168 Å². The minimum atomic E-state index is -1.10. The molecular formula is C21H23N3O5. The number of amides is 1. The van der Waals surface area contributed by atoms with Crippen LogP contribution in [0.4, 0.5) is 17.1 Å². The van der Waals surface area contributed by atoms with E-state index in [4.69, 9.17) is 5.11 Å². The Balaban J connectivity index is 1.86. The standard InChI is InChI=1S/C21H23N3O5/c1-13-7-9-23(10-8-13)18-6-5-15(12-19(18)24(28)29)20(25)22-17-11-16(21(26)27)4-3-14(17)2/h3-6,11-13H,7-10H2,1-2H3,(H,22,25)(H,26,27). The maximum atomic E-state index is 12.7. The molecule has 3 rings (SSSR count). The maximum Gasteiger partial charge on any atom is 0.335 e. The fraction of sp³-hybridized carbons (Fsp3) is 0.333. The summed E-state index contributed by atoms with van der Waals surface area (Å²) in [6, 6.07) is 8.87. The monoisotopic (exact) mass is 397 g/mol. The molecule has 0 radical (unpaired) electrons. The van der Waals surface area contributed by atoms with Gasteiger partial charge in [-0.1, -0.05) is 13.0 Å². The molecule has 1 aliphatic rings. The van der Waals surface area contributed by atoms with Crippen LogP contribution < -0.4 is 10.2 Å². The summed E-state index contributed by atoms with van der Waals surface area (Å²) in [7, 11) is 0. The first kappa shape index (κ1) is 20.3. The fourth-order valence-electron chi connectivity index (χ4n) is 3.41. The third kappa shape index (κ3) is 4.53. The molecule has 8 nitrogen and oxygen atoms in total. The molecule has 152 valence electrons. The second-order valence-corrected chi connectivity index (χ2v) is 7.42. The predicted octanol–water partition coefficient (Wildman–Crippen LogP) is 4.09. The van der Waals surface area contributed by atoms with E-state index in [0.717, 1.165) is 25.9 Å². The van der Waals surface area contributed by atoms with Crippen LogP contribution in [0, 0.1) is 23.0 Å². The molecule has 8 heteroatoms. The van der Waals surface area contributed by atoms with E-state index in [1.54, 1.807) is 25.1 Å². The molecule has 0 aromatic heterocycles. The number of anilines is 2. The minimum Gasteiger partial charge on any atom is -0.478 e. The summed E-state index contributed by atoms with van der Waals surface area (Å²) in [6.45, 7) is 5.40. The molecule has 1 heterocycles. The molecule has 0 atom stereocenters. The molecular weight excluding hydrogens is 374 g/mol. The minimum absolute atomic E-state index is 0.0477. The molecule has 1 fully saturated rings. The summed E-state index contributed by atoms with van der Waals surface area (Å²) in [6.07, 6.45) is 1.94. The van der Waals surface area contributed by atoms with Gasteiger partial charge in [0.15, 0.2) is 0 Å². The van der Waals surface area contributed by atoms with Gasteiger partial charge in [0.1, 0.15) is 5.69 Å². The van der Waals surface area contributed by atoms with Crippen molar-refractivity contribution in [3.63, 3.8) is 0 Å². The van der Waals surface area contributed by atoms with E-state index in [1.807, 2.05) is 4.90 Å². The highest BCUT2D eigenvalue weighted by molar-refractivity contribution is 6.06. The van der Waals surface area contributed by atoms with Crippen LogP contribution in [-0.4, -0.2) is 35.0 Å². The quantitative estimate of drug-likeness (QED) is 0.580. The lowest BCUT2D eigenvalue weighted by molar-refractivity contribution is -0.384. The van der Waals surface area contributed by atoms with Gasteiger partial charge >= 0.3 is 5.97 Å². The van der Waals surface area contributed by atoms with E-state index in [2.05, 4.69) is 12.2 Å². The van der Waals surface area contributed by atoms with Gasteiger partial charge in [0, 0.05) is 30.4 Å². The zero-order valence-electron chi connectivity index (χ0n) is 16.3. The third-order valence-corrected chi connectivity index (χ3v) is 5.29.